The average Bonchev–Trinajstić information content (AvgIpc) is 3.39. The second-order valence-corrected chi connectivity index (χ2v) is 7.50. The van der Waals surface area contributed by atoms with E-state index in [1.54, 1.807) is 0 Å². The molecule has 0 saturated carbocycles. The van der Waals surface area contributed by atoms with Crippen molar-refractivity contribution in [2.24, 2.45) is 16.5 Å². The maximum Gasteiger partial charge on any atom is 0.339 e. The van der Waals surface area contributed by atoms with Crippen molar-refractivity contribution in [2.75, 3.05) is 18.5 Å². The van der Waals surface area contributed by atoms with Gasteiger partial charge in [0.1, 0.15) is 0 Å². The van der Waals surface area contributed by atoms with Gasteiger partial charge in [-0.1, -0.05) is 0 Å². The van der Waals surface area contributed by atoms with Gasteiger partial charge in [-0.15, -0.1) is 0 Å². The van der Waals surface area contributed by atoms with Gasteiger partial charge in [0.2, 0.25) is 5.90 Å². The fourth-order valence-electron chi connectivity index (χ4n) is 4.61. The monoisotopic (exact) mass is 400 g/mol. The van der Waals surface area contributed by atoms with Crippen molar-refractivity contribution in [2.45, 2.75) is 51.5 Å². The van der Waals surface area contributed by atoms with Gasteiger partial charge in [-0.2, -0.15) is 5.17 Å². The van der Waals surface area contributed by atoms with Gasteiger partial charge in [0, 0.05) is 31.4 Å². The lowest BCUT2D eigenvalue weighted by atomic mass is 9.92. The molecule has 0 fully saturated rings. The fourth-order valence-corrected chi connectivity index (χ4v) is 4.61. The van der Waals surface area contributed by atoms with E-state index >= 15 is 0 Å². The number of nitrogens with two attached hydrogens (primary N) is 2. The standard InChI is InChI=1S/C20H28N6O3/c21-10-16-12-4-1-6-14(12)18(15-7-2-5-13(15)16)24-20(27)25-26(28)17(11-22)19-23-8-3-9-29-19/h11,28H,1-10,21-22H2,(H2,24,25,27)/b17-11+. The van der Waals surface area contributed by atoms with Crippen molar-refractivity contribution in [3.8, 4) is 0 Å². The number of aliphatic imine (C=N–C) groups is 1. The van der Waals surface area contributed by atoms with Crippen molar-refractivity contribution in [3.63, 3.8) is 0 Å². The number of carbonyl (C=O) groups excluding carboxylic acids is 1. The molecule has 9 heteroatoms. The average molecular weight is 400 g/mol. The summed E-state index contributed by atoms with van der Waals surface area (Å²) in [5, 5.41) is 13.8. The summed E-state index contributed by atoms with van der Waals surface area (Å²) in [6, 6.07) is -0.549. The van der Waals surface area contributed by atoms with E-state index in [1.165, 1.54) is 27.8 Å². The molecular weight excluding hydrogens is 372 g/mol. The van der Waals surface area contributed by atoms with E-state index in [1.807, 2.05) is 0 Å². The van der Waals surface area contributed by atoms with Gasteiger partial charge in [0.25, 0.3) is 0 Å². The Balaban J connectivity index is 1.54. The third-order valence-corrected chi connectivity index (χ3v) is 5.82. The first-order chi connectivity index (χ1) is 14.1. The summed E-state index contributed by atoms with van der Waals surface area (Å²) in [7, 11) is 0. The topological polar surface area (TPSA) is 138 Å². The number of amides is 2. The van der Waals surface area contributed by atoms with Crippen molar-refractivity contribution < 1.29 is 14.7 Å². The number of urea groups is 1. The molecular formula is C20H28N6O3. The predicted octanol–water partition coefficient (Wildman–Crippen LogP) is 1.47. The van der Waals surface area contributed by atoms with Gasteiger partial charge in [0.05, 0.1) is 6.61 Å². The number of hydrazine groups is 1. The van der Waals surface area contributed by atoms with Crippen LogP contribution in [0.1, 0.15) is 47.1 Å². The van der Waals surface area contributed by atoms with E-state index in [2.05, 4.69) is 15.7 Å². The minimum Gasteiger partial charge on any atom is -0.476 e. The molecule has 1 aliphatic heterocycles. The Bertz CT molecular complexity index is 844. The molecule has 9 nitrogen and oxygen atoms in total. The Morgan fingerprint density at radius 2 is 1.79 bits per heavy atom. The summed E-state index contributed by atoms with van der Waals surface area (Å²) >= 11 is 0. The third-order valence-electron chi connectivity index (χ3n) is 5.82. The lowest BCUT2D eigenvalue weighted by molar-refractivity contribution is -0.0830. The number of nitrogens with zero attached hydrogens (tertiary/aromatic N) is 2. The van der Waals surface area contributed by atoms with Gasteiger partial charge in [-0.3, -0.25) is 5.21 Å². The number of rotatable bonds is 5. The number of benzene rings is 1. The van der Waals surface area contributed by atoms with Gasteiger partial charge in [-0.25, -0.2) is 15.2 Å². The zero-order valence-electron chi connectivity index (χ0n) is 16.5. The lowest BCUT2D eigenvalue weighted by Gasteiger charge is -2.24. The first-order valence-corrected chi connectivity index (χ1v) is 10.2. The molecule has 0 bridgehead atoms. The normalized spacial score (nSPS) is 17.9. The molecule has 1 heterocycles. The van der Waals surface area contributed by atoms with Crippen LogP contribution in [0.3, 0.4) is 0 Å². The third kappa shape index (κ3) is 3.63. The van der Waals surface area contributed by atoms with Crippen LogP contribution in [0.4, 0.5) is 10.5 Å². The summed E-state index contributed by atoms with van der Waals surface area (Å²) in [6.07, 6.45) is 7.91. The summed E-state index contributed by atoms with van der Waals surface area (Å²) < 4.78 is 5.41. The lowest BCUT2D eigenvalue weighted by Crippen LogP contribution is -2.44. The Morgan fingerprint density at radius 3 is 2.34 bits per heavy atom. The number of hydroxylamine groups is 1. The van der Waals surface area contributed by atoms with Gasteiger partial charge >= 0.3 is 6.03 Å². The minimum atomic E-state index is -0.549. The molecule has 0 saturated heterocycles. The van der Waals surface area contributed by atoms with Crippen molar-refractivity contribution >= 4 is 17.6 Å². The maximum absolute atomic E-state index is 12.7. The van der Waals surface area contributed by atoms with E-state index in [-0.39, 0.29) is 11.6 Å². The van der Waals surface area contributed by atoms with E-state index < -0.39 is 6.03 Å². The molecule has 3 aliphatic rings. The van der Waals surface area contributed by atoms with Crippen LogP contribution in [0.25, 0.3) is 0 Å². The van der Waals surface area contributed by atoms with Crippen molar-refractivity contribution in [3.05, 3.63) is 39.7 Å². The second kappa shape index (κ2) is 8.30. The molecule has 29 heavy (non-hydrogen) atoms. The van der Waals surface area contributed by atoms with Crippen LogP contribution in [-0.2, 0) is 37.0 Å². The molecule has 7 N–H and O–H groups in total. The Labute approximate surface area is 169 Å². The van der Waals surface area contributed by atoms with Gasteiger partial charge < -0.3 is 21.5 Å². The summed E-state index contributed by atoms with van der Waals surface area (Å²) in [5.74, 6) is 0.204. The molecule has 0 radical (unpaired) electrons. The number of fused-ring (bicyclic) bond motifs is 2. The molecule has 0 unspecified atom stereocenters. The Morgan fingerprint density at radius 1 is 1.14 bits per heavy atom. The van der Waals surface area contributed by atoms with Crippen LogP contribution in [0.5, 0.6) is 0 Å². The Kier molecular flexibility index (Phi) is 5.59. The number of hydrogen-bond acceptors (Lipinski definition) is 7. The largest absolute Gasteiger partial charge is 0.476 e. The smallest absolute Gasteiger partial charge is 0.339 e. The van der Waals surface area contributed by atoms with Crippen molar-refractivity contribution in [1.29, 1.82) is 0 Å². The molecule has 0 spiro atoms. The number of hydrogen-bond donors (Lipinski definition) is 5. The highest BCUT2D eigenvalue weighted by Gasteiger charge is 2.29. The van der Waals surface area contributed by atoms with E-state index in [0.717, 1.165) is 56.8 Å². The van der Waals surface area contributed by atoms with Crippen LogP contribution < -0.4 is 22.2 Å². The van der Waals surface area contributed by atoms with E-state index in [4.69, 9.17) is 16.2 Å². The number of anilines is 1. The zero-order valence-corrected chi connectivity index (χ0v) is 16.5. The number of ether oxygens (including phenoxy) is 1. The van der Waals surface area contributed by atoms with Crippen LogP contribution >= 0.6 is 0 Å². The van der Waals surface area contributed by atoms with E-state index in [9.17, 15) is 10.0 Å². The SMILES string of the molecule is N/C=C(\C1=NCCCO1)N(O)NC(=O)Nc1c2c(c(CN)c3c1CCC3)CCC2. The molecule has 2 amide bonds. The maximum atomic E-state index is 12.7. The first-order valence-electron chi connectivity index (χ1n) is 10.2. The number of nitrogens with one attached hydrogen (secondary N) is 2. The van der Waals surface area contributed by atoms with Crippen LogP contribution in [0, 0.1) is 0 Å². The van der Waals surface area contributed by atoms with Crippen LogP contribution in [0.2, 0.25) is 0 Å². The molecule has 156 valence electrons. The molecule has 1 aromatic rings. The van der Waals surface area contributed by atoms with Gasteiger partial charge in [0.15, 0.2) is 5.70 Å². The molecule has 0 aromatic heterocycles. The first kappa shape index (κ1) is 19.5. The minimum absolute atomic E-state index is 0.0915. The van der Waals surface area contributed by atoms with Crippen LogP contribution in [0.15, 0.2) is 16.9 Å². The van der Waals surface area contributed by atoms with Crippen molar-refractivity contribution in [1.82, 2.24) is 10.6 Å². The van der Waals surface area contributed by atoms with E-state index in [0.29, 0.717) is 24.9 Å². The van der Waals surface area contributed by atoms with Gasteiger partial charge in [-0.05, 0) is 66.3 Å². The van der Waals surface area contributed by atoms with Crippen LogP contribution in [-0.4, -0.2) is 35.5 Å². The fraction of sp³-hybridized carbons (Fsp3) is 0.500. The quantitative estimate of drug-likeness (QED) is 0.475. The summed E-state index contributed by atoms with van der Waals surface area (Å²) in [6.45, 7) is 1.61. The number of carbonyl (C=O) groups is 1. The zero-order chi connectivity index (χ0) is 20.4. The highest BCUT2D eigenvalue weighted by Crippen LogP contribution is 2.41. The highest BCUT2D eigenvalue weighted by molar-refractivity contribution is 5.95. The Hall–Kier alpha value is -2.78. The molecule has 1 aromatic carbocycles. The molecule has 0 atom stereocenters. The summed E-state index contributed by atoms with van der Waals surface area (Å²) in [4.78, 5) is 16.9. The molecule has 4 rings (SSSR count). The molecule has 2 aliphatic carbocycles. The summed E-state index contributed by atoms with van der Waals surface area (Å²) in [5.41, 5.74) is 21.2. The second-order valence-electron chi connectivity index (χ2n) is 7.50. The predicted molar refractivity (Wildman–Crippen MR) is 109 cm³/mol. The highest BCUT2D eigenvalue weighted by atomic mass is 16.6.